The van der Waals surface area contributed by atoms with Crippen LogP contribution < -0.4 is 5.32 Å². The molecule has 1 amide bonds. The molecule has 1 N–H and O–H groups in total. The summed E-state index contributed by atoms with van der Waals surface area (Å²) >= 11 is 0. The highest BCUT2D eigenvalue weighted by molar-refractivity contribution is 5.71. The highest BCUT2D eigenvalue weighted by Crippen LogP contribution is 2.52. The first-order chi connectivity index (χ1) is 6.62. The van der Waals surface area contributed by atoms with Gasteiger partial charge in [-0.25, -0.2) is 13.6 Å². The first-order valence-corrected chi connectivity index (χ1v) is 4.42. The van der Waals surface area contributed by atoms with E-state index in [9.17, 15) is 13.6 Å². The average molecular weight is 218 g/mol. The van der Waals surface area contributed by atoms with E-state index in [2.05, 4.69) is 0 Å². The molecule has 0 aromatic rings. The molecule has 0 radical (unpaired) electrons. The maximum Gasteiger partial charge on any atom is 0.409 e. The van der Waals surface area contributed by atoms with Crippen molar-refractivity contribution in [3.05, 3.63) is 0 Å². The van der Waals surface area contributed by atoms with Gasteiger partial charge in [0.15, 0.2) is 5.54 Å². The number of hydrogen-bond donors (Lipinski definition) is 1. The summed E-state index contributed by atoms with van der Waals surface area (Å²) in [4.78, 5) is 11.1. The summed E-state index contributed by atoms with van der Waals surface area (Å²) in [7, 11) is 0. The fourth-order valence-electron chi connectivity index (χ4n) is 1.05. The molecule has 0 unspecified atom stereocenters. The monoisotopic (exact) mass is 218 g/mol. The van der Waals surface area contributed by atoms with Gasteiger partial charge in [0, 0.05) is 0 Å². The molecule has 1 aliphatic carbocycles. The molecule has 1 atom stereocenters. The van der Waals surface area contributed by atoms with Crippen LogP contribution in [-0.4, -0.2) is 23.2 Å². The van der Waals surface area contributed by atoms with Gasteiger partial charge in [-0.05, 0) is 20.8 Å². The first-order valence-electron chi connectivity index (χ1n) is 4.42. The smallest absolute Gasteiger partial charge is 0.409 e. The number of carbonyl (C=O) groups excluding carboxylic acids is 1. The van der Waals surface area contributed by atoms with E-state index in [1.54, 1.807) is 20.8 Å². The largest absolute Gasteiger partial charge is 0.444 e. The number of alkyl halides is 2. The summed E-state index contributed by atoms with van der Waals surface area (Å²) in [5, 5.41) is 10.4. The number of amides is 1. The number of halogens is 2. The third-order valence-corrected chi connectivity index (χ3v) is 1.89. The quantitative estimate of drug-likeness (QED) is 0.730. The van der Waals surface area contributed by atoms with Crippen LogP contribution in [0.1, 0.15) is 27.2 Å². The van der Waals surface area contributed by atoms with Gasteiger partial charge in [-0.3, -0.25) is 5.32 Å². The summed E-state index contributed by atoms with van der Waals surface area (Å²) in [6.45, 7) is 4.82. The second kappa shape index (κ2) is 3.05. The molecule has 84 valence electrons. The van der Waals surface area contributed by atoms with Crippen LogP contribution in [0.4, 0.5) is 13.6 Å². The Balaban J connectivity index is 2.58. The molecule has 0 aromatic carbocycles. The predicted molar refractivity (Wildman–Crippen MR) is 47.3 cm³/mol. The molecule has 1 aliphatic rings. The number of rotatable bonds is 1. The number of hydrogen-bond acceptors (Lipinski definition) is 3. The zero-order chi connectivity index (χ0) is 11.9. The van der Waals surface area contributed by atoms with Crippen molar-refractivity contribution in [1.82, 2.24) is 5.32 Å². The minimum atomic E-state index is -3.15. The molecule has 1 rings (SSSR count). The Morgan fingerprint density at radius 3 is 2.27 bits per heavy atom. The van der Waals surface area contributed by atoms with Crippen LogP contribution in [0.25, 0.3) is 0 Å². The maximum atomic E-state index is 12.8. The Hall–Kier alpha value is -1.38. The Bertz CT molecular complexity index is 330. The van der Waals surface area contributed by atoms with Crippen molar-refractivity contribution in [2.75, 3.05) is 0 Å². The topological polar surface area (TPSA) is 62.1 Å². The van der Waals surface area contributed by atoms with Crippen molar-refractivity contribution < 1.29 is 18.3 Å². The minimum absolute atomic E-state index is 0.657. The van der Waals surface area contributed by atoms with Crippen LogP contribution in [-0.2, 0) is 4.74 Å². The van der Waals surface area contributed by atoms with E-state index in [4.69, 9.17) is 10.00 Å². The third kappa shape index (κ3) is 2.35. The van der Waals surface area contributed by atoms with Crippen LogP contribution in [0.3, 0.4) is 0 Å². The zero-order valence-corrected chi connectivity index (χ0v) is 8.73. The molecule has 0 aliphatic heterocycles. The fraction of sp³-hybridized carbons (Fsp3) is 0.778. The number of alkyl carbamates (subject to hydrolysis) is 1. The lowest BCUT2D eigenvalue weighted by Crippen LogP contribution is -2.43. The van der Waals surface area contributed by atoms with Crippen LogP contribution >= 0.6 is 0 Å². The van der Waals surface area contributed by atoms with Crippen LogP contribution in [0.15, 0.2) is 0 Å². The summed E-state index contributed by atoms with van der Waals surface area (Å²) in [6.07, 6.45) is -1.66. The zero-order valence-electron chi connectivity index (χ0n) is 8.73. The van der Waals surface area contributed by atoms with E-state index in [0.717, 1.165) is 0 Å². The van der Waals surface area contributed by atoms with Gasteiger partial charge >= 0.3 is 6.09 Å². The van der Waals surface area contributed by atoms with Gasteiger partial charge in [-0.15, -0.1) is 0 Å². The van der Waals surface area contributed by atoms with Gasteiger partial charge in [0.1, 0.15) is 5.60 Å². The lowest BCUT2D eigenvalue weighted by molar-refractivity contribution is 0.0418. The fourth-order valence-corrected chi connectivity index (χ4v) is 1.05. The molecular weight excluding hydrogens is 206 g/mol. The number of nitrogens with one attached hydrogen (secondary N) is 1. The second-order valence-electron chi connectivity index (χ2n) is 4.53. The van der Waals surface area contributed by atoms with Crippen molar-refractivity contribution in [1.29, 1.82) is 5.26 Å². The lowest BCUT2D eigenvalue weighted by Gasteiger charge is -2.21. The Labute approximate surface area is 86.2 Å². The SMILES string of the molecule is CC(C)(C)OC(=O)N[C@@]1(C#N)CC1(F)F. The molecule has 0 heterocycles. The number of nitrogens with zero attached hydrogens (tertiary/aromatic N) is 1. The van der Waals surface area contributed by atoms with Crippen LogP contribution in [0.5, 0.6) is 0 Å². The van der Waals surface area contributed by atoms with Crippen molar-refractivity contribution in [2.24, 2.45) is 0 Å². The minimum Gasteiger partial charge on any atom is -0.444 e. The van der Waals surface area contributed by atoms with Gasteiger partial charge in [0.25, 0.3) is 5.92 Å². The summed E-state index contributed by atoms with van der Waals surface area (Å²) in [6, 6.07) is 1.40. The van der Waals surface area contributed by atoms with E-state index in [1.165, 1.54) is 6.07 Å². The molecule has 6 heteroatoms. The van der Waals surface area contributed by atoms with Crippen molar-refractivity contribution >= 4 is 6.09 Å². The number of ether oxygens (including phenoxy) is 1. The molecule has 1 saturated carbocycles. The van der Waals surface area contributed by atoms with Crippen molar-refractivity contribution in [2.45, 2.75) is 44.3 Å². The van der Waals surface area contributed by atoms with E-state index >= 15 is 0 Å². The highest BCUT2D eigenvalue weighted by Gasteiger charge is 2.74. The Morgan fingerprint density at radius 1 is 1.53 bits per heavy atom. The van der Waals surface area contributed by atoms with Crippen molar-refractivity contribution in [3.8, 4) is 6.07 Å². The van der Waals surface area contributed by atoms with E-state index in [0.29, 0.717) is 0 Å². The highest BCUT2D eigenvalue weighted by atomic mass is 19.3. The van der Waals surface area contributed by atoms with E-state index in [1.807, 2.05) is 5.32 Å². The molecule has 15 heavy (non-hydrogen) atoms. The number of nitriles is 1. The second-order valence-corrected chi connectivity index (χ2v) is 4.53. The van der Waals surface area contributed by atoms with Gasteiger partial charge in [-0.2, -0.15) is 5.26 Å². The molecular formula is C9H12F2N2O2. The van der Waals surface area contributed by atoms with Gasteiger partial charge in [0.05, 0.1) is 12.5 Å². The predicted octanol–water partition coefficient (Wildman–Crippen LogP) is 1.81. The normalized spacial score (nSPS) is 27.7. The first kappa shape index (κ1) is 11.7. The van der Waals surface area contributed by atoms with Crippen LogP contribution in [0.2, 0.25) is 0 Å². The van der Waals surface area contributed by atoms with E-state index in [-0.39, 0.29) is 0 Å². The molecule has 0 bridgehead atoms. The number of carbonyl (C=O) groups is 1. The molecule has 0 aromatic heterocycles. The van der Waals surface area contributed by atoms with Gasteiger partial charge in [0.2, 0.25) is 0 Å². The average Bonchev–Trinajstić information content (AvgIpc) is 2.49. The maximum absolute atomic E-state index is 12.8. The van der Waals surface area contributed by atoms with Crippen molar-refractivity contribution in [3.63, 3.8) is 0 Å². The third-order valence-electron chi connectivity index (χ3n) is 1.89. The molecule has 1 fully saturated rings. The molecule has 4 nitrogen and oxygen atoms in total. The lowest BCUT2D eigenvalue weighted by atomic mass is 10.2. The Morgan fingerprint density at radius 2 is 2.00 bits per heavy atom. The van der Waals surface area contributed by atoms with E-state index < -0.39 is 29.6 Å². The Kier molecular flexibility index (Phi) is 2.38. The van der Waals surface area contributed by atoms with Gasteiger partial charge in [-0.1, -0.05) is 0 Å². The summed E-state index contributed by atoms with van der Waals surface area (Å²) in [5.41, 5.74) is -2.85. The van der Waals surface area contributed by atoms with Crippen LogP contribution in [0, 0.1) is 11.3 Å². The van der Waals surface area contributed by atoms with Gasteiger partial charge < -0.3 is 4.74 Å². The standard InChI is InChI=1S/C9H12F2N2O2/c1-7(2,3)15-6(14)13-8(5-12)4-9(8,10)11/h4H2,1-3H3,(H,13,14)/t8-/m1/s1. The summed E-state index contributed by atoms with van der Waals surface area (Å²) < 4.78 is 30.3. The molecule has 0 saturated heterocycles. The molecule has 0 spiro atoms. The summed E-state index contributed by atoms with van der Waals surface area (Å²) in [5.74, 6) is -3.15.